The number of ether oxygens (including phenoxy) is 3. The molecule has 9 nitrogen and oxygen atoms in total. The van der Waals surface area contributed by atoms with E-state index in [1.54, 1.807) is 13.2 Å². The van der Waals surface area contributed by atoms with Gasteiger partial charge < -0.3 is 18.7 Å². The van der Waals surface area contributed by atoms with Crippen LogP contribution in [0, 0.1) is 0 Å². The minimum Gasteiger partial charge on any atom is -0.496 e. The van der Waals surface area contributed by atoms with Crippen molar-refractivity contribution in [3.8, 4) is 17.0 Å². The Balaban J connectivity index is 1.45. The highest BCUT2D eigenvalue weighted by atomic mass is 32.2. The number of sulfonamides is 1. The molecule has 0 amide bonds. The lowest BCUT2D eigenvalue weighted by molar-refractivity contribution is -0.0440. The van der Waals surface area contributed by atoms with E-state index in [1.165, 1.54) is 28.6 Å². The van der Waals surface area contributed by atoms with Crippen molar-refractivity contribution >= 4 is 16.0 Å². The second kappa shape index (κ2) is 9.96. The molecule has 0 saturated carbocycles. The van der Waals surface area contributed by atoms with E-state index in [0.717, 1.165) is 5.56 Å². The Kier molecular flexibility index (Phi) is 7.01. The minimum absolute atomic E-state index is 0.0291. The number of hydrogen-bond acceptors (Lipinski definition) is 8. The van der Waals surface area contributed by atoms with E-state index >= 15 is 0 Å². The van der Waals surface area contributed by atoms with Gasteiger partial charge in [-0.15, -0.1) is 0 Å². The molecule has 1 saturated heterocycles. The van der Waals surface area contributed by atoms with Gasteiger partial charge in [0.15, 0.2) is 12.4 Å². The summed E-state index contributed by atoms with van der Waals surface area (Å²) in [6, 6.07) is 14.8. The molecule has 1 fully saturated rings. The number of carbonyl (C=O) groups excluding carboxylic acids is 1. The summed E-state index contributed by atoms with van der Waals surface area (Å²) in [5, 5.41) is 4.01. The highest BCUT2D eigenvalue weighted by Gasteiger charge is 2.32. The number of esters is 1. The number of para-hydroxylation sites is 1. The predicted molar refractivity (Wildman–Crippen MR) is 123 cm³/mol. The number of benzene rings is 2. The maximum absolute atomic E-state index is 13.1. The number of morpholine rings is 1. The predicted octanol–water partition coefficient (Wildman–Crippen LogP) is 3.51. The molecule has 10 heteroatoms. The molecule has 1 aliphatic heterocycles. The van der Waals surface area contributed by atoms with Crippen LogP contribution in [0.1, 0.15) is 30.0 Å². The quantitative estimate of drug-likeness (QED) is 0.467. The summed E-state index contributed by atoms with van der Waals surface area (Å²) in [6.45, 7) is 4.00. The van der Waals surface area contributed by atoms with Gasteiger partial charge in [-0.1, -0.05) is 23.4 Å². The molecular formula is C24H26N2O7S. The van der Waals surface area contributed by atoms with Gasteiger partial charge in [0.2, 0.25) is 10.0 Å². The van der Waals surface area contributed by atoms with Crippen LogP contribution in [-0.2, 0) is 26.1 Å². The average molecular weight is 487 g/mol. The molecule has 2 unspecified atom stereocenters. The molecule has 0 aliphatic carbocycles. The Bertz CT molecular complexity index is 1260. The normalized spacial score (nSPS) is 19.0. The molecule has 0 N–H and O–H groups in total. The fourth-order valence-corrected chi connectivity index (χ4v) is 5.48. The highest BCUT2D eigenvalue weighted by molar-refractivity contribution is 7.89. The maximum Gasteiger partial charge on any atom is 0.338 e. The SMILES string of the molecule is COc1ccccc1-c1cc(COC(=O)c2cccc(S(=O)(=O)N3CC(C)OC(C)C3)c2)on1. The number of nitrogens with zero attached hydrogens (tertiary/aromatic N) is 2. The van der Waals surface area contributed by atoms with Crippen LogP contribution in [-0.4, -0.2) is 56.3 Å². The molecular weight excluding hydrogens is 460 g/mol. The van der Waals surface area contributed by atoms with Crippen molar-refractivity contribution in [3.63, 3.8) is 0 Å². The fourth-order valence-electron chi connectivity index (χ4n) is 3.84. The van der Waals surface area contributed by atoms with Crippen molar-refractivity contribution in [2.75, 3.05) is 20.2 Å². The van der Waals surface area contributed by atoms with Gasteiger partial charge in [-0.3, -0.25) is 0 Å². The fraction of sp³-hybridized carbons (Fsp3) is 0.333. The molecule has 1 aliphatic rings. The molecule has 3 aromatic rings. The van der Waals surface area contributed by atoms with E-state index in [9.17, 15) is 13.2 Å². The maximum atomic E-state index is 13.1. The van der Waals surface area contributed by atoms with Crippen LogP contribution in [0.2, 0.25) is 0 Å². The number of hydrogen-bond donors (Lipinski definition) is 0. The zero-order valence-corrected chi connectivity index (χ0v) is 19.9. The summed E-state index contributed by atoms with van der Waals surface area (Å²) in [6.07, 6.45) is -0.427. The van der Waals surface area contributed by atoms with Gasteiger partial charge in [0, 0.05) is 24.7 Å². The lowest BCUT2D eigenvalue weighted by atomic mass is 10.1. The molecule has 34 heavy (non-hydrogen) atoms. The zero-order valence-electron chi connectivity index (χ0n) is 19.1. The van der Waals surface area contributed by atoms with Gasteiger partial charge in [-0.25, -0.2) is 13.2 Å². The standard InChI is InChI=1S/C24H26N2O7S/c1-16-13-26(14-17(2)32-16)34(28,29)20-8-6-7-18(11-20)24(27)31-15-19-12-22(25-33-19)21-9-4-5-10-23(21)30-3/h4-12,16-17H,13-15H2,1-3H3. The Morgan fingerprint density at radius 2 is 1.82 bits per heavy atom. The van der Waals surface area contributed by atoms with Crippen LogP contribution in [0.25, 0.3) is 11.3 Å². The minimum atomic E-state index is -3.78. The lowest BCUT2D eigenvalue weighted by Crippen LogP contribution is -2.48. The largest absolute Gasteiger partial charge is 0.496 e. The van der Waals surface area contributed by atoms with Gasteiger partial charge in [0.1, 0.15) is 11.4 Å². The highest BCUT2D eigenvalue weighted by Crippen LogP contribution is 2.29. The average Bonchev–Trinajstić information content (AvgIpc) is 3.31. The molecule has 0 radical (unpaired) electrons. The van der Waals surface area contributed by atoms with Crippen LogP contribution < -0.4 is 4.74 Å². The first-order valence-electron chi connectivity index (χ1n) is 10.8. The molecule has 2 atom stereocenters. The monoisotopic (exact) mass is 486 g/mol. The van der Waals surface area contributed by atoms with Crippen LogP contribution in [0.15, 0.2) is 64.0 Å². The number of methoxy groups -OCH3 is 1. The number of carbonyl (C=O) groups is 1. The summed E-state index contributed by atoms with van der Waals surface area (Å²) in [5.74, 6) is 0.312. The van der Waals surface area contributed by atoms with E-state index in [1.807, 2.05) is 38.1 Å². The summed E-state index contributed by atoms with van der Waals surface area (Å²) >= 11 is 0. The summed E-state index contributed by atoms with van der Waals surface area (Å²) in [7, 11) is -2.21. The van der Waals surface area contributed by atoms with E-state index in [0.29, 0.717) is 17.2 Å². The van der Waals surface area contributed by atoms with Crippen LogP contribution in [0.4, 0.5) is 0 Å². The van der Waals surface area contributed by atoms with Crippen molar-refractivity contribution in [2.45, 2.75) is 37.6 Å². The van der Waals surface area contributed by atoms with E-state index < -0.39 is 16.0 Å². The third-order valence-corrected chi connectivity index (χ3v) is 7.21. The van der Waals surface area contributed by atoms with Gasteiger partial charge in [-0.05, 0) is 44.2 Å². The van der Waals surface area contributed by atoms with E-state index in [4.69, 9.17) is 18.7 Å². The van der Waals surface area contributed by atoms with E-state index in [2.05, 4.69) is 5.16 Å². The molecule has 1 aromatic heterocycles. The van der Waals surface area contributed by atoms with E-state index in [-0.39, 0.29) is 42.4 Å². The Morgan fingerprint density at radius 1 is 1.09 bits per heavy atom. The van der Waals surface area contributed by atoms with Crippen LogP contribution >= 0.6 is 0 Å². The summed E-state index contributed by atoms with van der Waals surface area (Å²) in [4.78, 5) is 12.7. The van der Waals surface area contributed by atoms with Gasteiger partial charge in [0.25, 0.3) is 0 Å². The Labute approximate surface area is 198 Å². The van der Waals surface area contributed by atoms with Gasteiger partial charge >= 0.3 is 5.97 Å². The smallest absolute Gasteiger partial charge is 0.338 e. The Hall–Kier alpha value is -3.21. The second-order valence-electron chi connectivity index (χ2n) is 8.06. The van der Waals surface area contributed by atoms with Crippen LogP contribution in [0.5, 0.6) is 5.75 Å². The van der Waals surface area contributed by atoms with Crippen LogP contribution in [0.3, 0.4) is 0 Å². The van der Waals surface area contributed by atoms with Gasteiger partial charge in [0.05, 0.1) is 29.8 Å². The third kappa shape index (κ3) is 5.14. The number of aromatic nitrogens is 1. The first-order chi connectivity index (χ1) is 16.3. The number of rotatable bonds is 7. The summed E-state index contributed by atoms with van der Waals surface area (Å²) in [5.41, 5.74) is 1.42. The first kappa shape index (κ1) is 23.9. The molecule has 2 heterocycles. The summed E-state index contributed by atoms with van der Waals surface area (Å²) < 4.78 is 49.2. The second-order valence-corrected chi connectivity index (χ2v) is 10.00. The molecule has 2 aromatic carbocycles. The van der Waals surface area contributed by atoms with Crippen molar-refractivity contribution in [1.82, 2.24) is 9.46 Å². The molecule has 4 rings (SSSR count). The van der Waals surface area contributed by atoms with Crippen molar-refractivity contribution < 1.29 is 31.9 Å². The zero-order chi connectivity index (χ0) is 24.3. The van der Waals surface area contributed by atoms with Crippen molar-refractivity contribution in [1.29, 1.82) is 0 Å². The van der Waals surface area contributed by atoms with Gasteiger partial charge in [-0.2, -0.15) is 4.31 Å². The molecule has 180 valence electrons. The third-order valence-electron chi connectivity index (χ3n) is 5.38. The first-order valence-corrected chi connectivity index (χ1v) is 12.2. The van der Waals surface area contributed by atoms with Crippen molar-refractivity contribution in [2.24, 2.45) is 0 Å². The lowest BCUT2D eigenvalue weighted by Gasteiger charge is -2.34. The Morgan fingerprint density at radius 3 is 2.56 bits per heavy atom. The molecule has 0 spiro atoms. The van der Waals surface area contributed by atoms with Crippen molar-refractivity contribution in [3.05, 3.63) is 65.9 Å². The molecule has 0 bridgehead atoms. The topological polar surface area (TPSA) is 108 Å².